The molecule has 0 bridgehead atoms. The van der Waals surface area contributed by atoms with E-state index in [0.717, 1.165) is 0 Å². The van der Waals surface area contributed by atoms with Crippen molar-refractivity contribution in [1.82, 2.24) is 5.32 Å². The van der Waals surface area contributed by atoms with Crippen molar-refractivity contribution < 1.29 is 23.8 Å². The maximum atomic E-state index is 13.4. The molecule has 1 rings (SSSR count). The van der Waals surface area contributed by atoms with Crippen molar-refractivity contribution in [3.05, 3.63) is 29.6 Å². The van der Waals surface area contributed by atoms with Crippen molar-refractivity contribution >= 4 is 11.9 Å². The van der Waals surface area contributed by atoms with Crippen molar-refractivity contribution in [3.63, 3.8) is 0 Å². The van der Waals surface area contributed by atoms with Crippen LogP contribution >= 0.6 is 0 Å². The van der Waals surface area contributed by atoms with E-state index >= 15 is 0 Å². The highest BCUT2D eigenvalue weighted by atomic mass is 19.1. The van der Waals surface area contributed by atoms with Gasteiger partial charge in [-0.25, -0.2) is 4.39 Å². The average Bonchev–Trinajstić information content (AvgIpc) is 2.36. The zero-order valence-corrected chi connectivity index (χ0v) is 10.8. The second-order valence-electron chi connectivity index (χ2n) is 4.10. The Morgan fingerprint density at radius 1 is 1.47 bits per heavy atom. The largest absolute Gasteiger partial charge is 0.494 e. The Bertz CT molecular complexity index is 476. The van der Waals surface area contributed by atoms with Crippen LogP contribution in [0.25, 0.3) is 0 Å². The van der Waals surface area contributed by atoms with Gasteiger partial charge in [-0.15, -0.1) is 0 Å². The molecule has 0 heterocycles. The molecule has 0 saturated heterocycles. The van der Waals surface area contributed by atoms with Gasteiger partial charge < -0.3 is 15.2 Å². The smallest absolute Gasteiger partial charge is 0.325 e. The normalized spacial score (nSPS) is 11.7. The van der Waals surface area contributed by atoms with Crippen LogP contribution in [0, 0.1) is 5.82 Å². The maximum absolute atomic E-state index is 13.4. The number of rotatable bonds is 6. The minimum absolute atomic E-state index is 0.101. The van der Waals surface area contributed by atoms with Gasteiger partial charge in [0.15, 0.2) is 11.6 Å². The summed E-state index contributed by atoms with van der Waals surface area (Å²) in [5.74, 6) is -1.82. The summed E-state index contributed by atoms with van der Waals surface area (Å²) in [5, 5.41) is 11.0. The molecule has 1 unspecified atom stereocenters. The molecule has 0 aliphatic rings. The first-order valence-electron chi connectivity index (χ1n) is 5.78. The second-order valence-corrected chi connectivity index (χ2v) is 4.10. The number of amides is 1. The number of benzene rings is 1. The van der Waals surface area contributed by atoms with E-state index in [4.69, 9.17) is 9.84 Å². The Kier molecular flexibility index (Phi) is 5.29. The van der Waals surface area contributed by atoms with E-state index in [1.165, 1.54) is 26.2 Å². The van der Waals surface area contributed by atoms with Crippen LogP contribution in [-0.2, 0) is 16.0 Å². The van der Waals surface area contributed by atoms with Crippen molar-refractivity contribution in [3.8, 4) is 5.75 Å². The van der Waals surface area contributed by atoms with Crippen LogP contribution in [0.4, 0.5) is 4.39 Å². The van der Waals surface area contributed by atoms with Gasteiger partial charge >= 0.3 is 5.97 Å². The molecule has 5 nitrogen and oxygen atoms in total. The van der Waals surface area contributed by atoms with Crippen molar-refractivity contribution in [2.24, 2.45) is 0 Å². The molecule has 104 valence electrons. The number of aryl methyl sites for hydroxylation is 1. The summed E-state index contributed by atoms with van der Waals surface area (Å²) < 4.78 is 18.2. The van der Waals surface area contributed by atoms with Crippen LogP contribution in [0.5, 0.6) is 5.75 Å². The number of ether oxygens (including phenoxy) is 1. The first-order chi connectivity index (χ1) is 8.93. The molecular weight excluding hydrogens is 253 g/mol. The lowest BCUT2D eigenvalue weighted by Crippen LogP contribution is -2.38. The minimum Gasteiger partial charge on any atom is -0.494 e. The Hall–Kier alpha value is -2.11. The maximum Gasteiger partial charge on any atom is 0.325 e. The molecular formula is C13H16FNO4. The Balaban J connectivity index is 2.50. The third kappa shape index (κ3) is 4.57. The fraction of sp³-hybridized carbons (Fsp3) is 0.385. The van der Waals surface area contributed by atoms with Gasteiger partial charge in [0.05, 0.1) is 7.11 Å². The topological polar surface area (TPSA) is 75.6 Å². The molecule has 0 radical (unpaired) electrons. The number of carboxylic acid groups (broad SMARTS) is 1. The zero-order chi connectivity index (χ0) is 14.4. The number of nitrogens with one attached hydrogen (secondary N) is 1. The lowest BCUT2D eigenvalue weighted by atomic mass is 10.1. The number of aliphatic carboxylic acids is 1. The summed E-state index contributed by atoms with van der Waals surface area (Å²) >= 11 is 0. The molecule has 0 fully saturated rings. The molecule has 0 spiro atoms. The monoisotopic (exact) mass is 269 g/mol. The van der Waals surface area contributed by atoms with Crippen LogP contribution in [0.1, 0.15) is 18.9 Å². The molecule has 2 N–H and O–H groups in total. The van der Waals surface area contributed by atoms with E-state index in [2.05, 4.69) is 5.32 Å². The summed E-state index contributed by atoms with van der Waals surface area (Å²) in [5.41, 5.74) is 0.649. The number of hydrogen-bond donors (Lipinski definition) is 2. The van der Waals surface area contributed by atoms with Gasteiger partial charge in [0.2, 0.25) is 5.91 Å². The molecule has 0 aliphatic carbocycles. The van der Waals surface area contributed by atoms with Gasteiger partial charge in [-0.1, -0.05) is 6.07 Å². The standard InChI is InChI=1S/C13H16FNO4/c1-8(13(17)18)15-12(16)6-4-9-3-5-11(19-2)10(14)7-9/h3,5,7-8H,4,6H2,1-2H3,(H,15,16)(H,17,18). The number of halogens is 1. The third-order valence-electron chi connectivity index (χ3n) is 2.60. The number of methoxy groups -OCH3 is 1. The van der Waals surface area contributed by atoms with Crippen LogP contribution in [-0.4, -0.2) is 30.1 Å². The molecule has 0 saturated carbocycles. The molecule has 0 aliphatic heterocycles. The summed E-state index contributed by atoms with van der Waals surface area (Å²) in [6.07, 6.45) is 0.433. The van der Waals surface area contributed by atoms with Gasteiger partial charge in [0, 0.05) is 6.42 Å². The van der Waals surface area contributed by atoms with E-state index in [1.54, 1.807) is 6.07 Å². The van der Waals surface area contributed by atoms with E-state index < -0.39 is 17.8 Å². The molecule has 1 atom stereocenters. The summed E-state index contributed by atoms with van der Waals surface area (Å²) in [4.78, 5) is 22.0. The van der Waals surface area contributed by atoms with Gasteiger partial charge in [-0.2, -0.15) is 0 Å². The minimum atomic E-state index is -1.09. The summed E-state index contributed by atoms with van der Waals surface area (Å²) in [6, 6.07) is 3.52. The van der Waals surface area contributed by atoms with Crippen molar-refractivity contribution in [2.45, 2.75) is 25.8 Å². The molecule has 0 aromatic heterocycles. The fourth-order valence-electron chi connectivity index (χ4n) is 1.50. The molecule has 1 aromatic carbocycles. The molecule has 19 heavy (non-hydrogen) atoms. The van der Waals surface area contributed by atoms with Gasteiger partial charge in [0.25, 0.3) is 0 Å². The van der Waals surface area contributed by atoms with Crippen LogP contribution in [0.15, 0.2) is 18.2 Å². The van der Waals surface area contributed by atoms with Crippen LogP contribution in [0.2, 0.25) is 0 Å². The van der Waals surface area contributed by atoms with Crippen molar-refractivity contribution in [2.75, 3.05) is 7.11 Å². The second kappa shape index (κ2) is 6.72. The SMILES string of the molecule is COc1ccc(CCC(=O)NC(C)C(=O)O)cc1F. The Morgan fingerprint density at radius 3 is 2.68 bits per heavy atom. The summed E-state index contributed by atoms with van der Waals surface area (Å²) in [7, 11) is 1.37. The van der Waals surface area contributed by atoms with E-state index in [0.29, 0.717) is 12.0 Å². The zero-order valence-electron chi connectivity index (χ0n) is 10.8. The first-order valence-corrected chi connectivity index (χ1v) is 5.78. The third-order valence-corrected chi connectivity index (χ3v) is 2.60. The van der Waals surface area contributed by atoms with Crippen LogP contribution in [0.3, 0.4) is 0 Å². The summed E-state index contributed by atoms with van der Waals surface area (Å²) in [6.45, 7) is 1.38. The quantitative estimate of drug-likeness (QED) is 0.817. The highest BCUT2D eigenvalue weighted by molar-refractivity contribution is 5.83. The van der Waals surface area contributed by atoms with Gasteiger partial charge in [-0.3, -0.25) is 9.59 Å². The van der Waals surface area contributed by atoms with Gasteiger partial charge in [0.1, 0.15) is 6.04 Å². The Labute approximate surface area is 110 Å². The highest BCUT2D eigenvalue weighted by Gasteiger charge is 2.13. The molecule has 1 amide bonds. The van der Waals surface area contributed by atoms with E-state index in [-0.39, 0.29) is 18.1 Å². The molecule has 1 aromatic rings. The van der Waals surface area contributed by atoms with E-state index in [1.807, 2.05) is 0 Å². The predicted octanol–water partition coefficient (Wildman–Crippen LogP) is 1.36. The molecule has 6 heteroatoms. The number of carbonyl (C=O) groups is 2. The average molecular weight is 269 g/mol. The Morgan fingerprint density at radius 2 is 2.16 bits per heavy atom. The lowest BCUT2D eigenvalue weighted by Gasteiger charge is -2.09. The van der Waals surface area contributed by atoms with Gasteiger partial charge in [-0.05, 0) is 31.0 Å². The number of hydrogen-bond acceptors (Lipinski definition) is 3. The van der Waals surface area contributed by atoms with Crippen molar-refractivity contribution in [1.29, 1.82) is 0 Å². The predicted molar refractivity (Wildman–Crippen MR) is 66.5 cm³/mol. The fourth-order valence-corrected chi connectivity index (χ4v) is 1.50. The first kappa shape index (κ1) is 14.9. The number of carbonyl (C=O) groups excluding carboxylic acids is 1. The van der Waals surface area contributed by atoms with E-state index in [9.17, 15) is 14.0 Å². The lowest BCUT2D eigenvalue weighted by molar-refractivity contribution is -0.141. The number of carboxylic acids is 1. The highest BCUT2D eigenvalue weighted by Crippen LogP contribution is 2.18. The van der Waals surface area contributed by atoms with Crippen LogP contribution < -0.4 is 10.1 Å².